The van der Waals surface area contributed by atoms with Crippen LogP contribution in [0.4, 0.5) is 11.4 Å². The van der Waals surface area contributed by atoms with Gasteiger partial charge in [-0.2, -0.15) is 0 Å². The molecular weight excluding hydrogens is 230 g/mol. The van der Waals surface area contributed by atoms with E-state index in [0.29, 0.717) is 18.8 Å². The molecule has 5 heteroatoms. The molecule has 2 rings (SSSR count). The van der Waals surface area contributed by atoms with E-state index in [2.05, 4.69) is 0 Å². The summed E-state index contributed by atoms with van der Waals surface area (Å²) >= 11 is 0. The number of fused-ring (bicyclic) bond motifs is 1. The Hall–Kier alpha value is -2.04. The third-order valence-electron chi connectivity index (χ3n) is 3.15. The van der Waals surface area contributed by atoms with Gasteiger partial charge in [-0.25, -0.2) is 0 Å². The molecule has 1 aliphatic heterocycles. The van der Waals surface area contributed by atoms with Gasteiger partial charge in [0, 0.05) is 25.7 Å². The maximum absolute atomic E-state index is 12.1. The Balaban J connectivity index is 2.49. The summed E-state index contributed by atoms with van der Waals surface area (Å²) in [5.41, 5.74) is 8.16. The predicted molar refractivity (Wildman–Crippen MR) is 70.0 cm³/mol. The Labute approximate surface area is 106 Å². The van der Waals surface area contributed by atoms with Gasteiger partial charge < -0.3 is 15.5 Å². The van der Waals surface area contributed by atoms with E-state index < -0.39 is 0 Å². The lowest BCUT2D eigenvalue weighted by atomic mass is 10.1. The summed E-state index contributed by atoms with van der Waals surface area (Å²) in [5, 5.41) is 0. The van der Waals surface area contributed by atoms with Crippen molar-refractivity contribution in [3.05, 3.63) is 23.8 Å². The molecule has 5 nitrogen and oxygen atoms in total. The van der Waals surface area contributed by atoms with Gasteiger partial charge in [0.25, 0.3) is 0 Å². The molecule has 0 aromatic heterocycles. The van der Waals surface area contributed by atoms with Gasteiger partial charge in [-0.05, 0) is 24.6 Å². The van der Waals surface area contributed by atoms with E-state index >= 15 is 0 Å². The standard InChI is InChI=1S/C13H17N3O2/c1-3-16-12-6-11(14)5-4-10(12)7-15(9(2)17)8-13(16)18/h4-6H,3,7-8,14H2,1-2H3. The first kappa shape index (κ1) is 12.4. The fourth-order valence-corrected chi connectivity index (χ4v) is 2.18. The van der Waals surface area contributed by atoms with Crippen molar-refractivity contribution < 1.29 is 9.59 Å². The molecule has 1 aliphatic rings. The van der Waals surface area contributed by atoms with E-state index in [1.54, 1.807) is 21.9 Å². The molecule has 1 aromatic rings. The van der Waals surface area contributed by atoms with Gasteiger partial charge in [0.15, 0.2) is 0 Å². The van der Waals surface area contributed by atoms with Crippen LogP contribution in [0.15, 0.2) is 18.2 Å². The zero-order chi connectivity index (χ0) is 13.3. The maximum atomic E-state index is 12.1. The van der Waals surface area contributed by atoms with E-state index in [-0.39, 0.29) is 18.4 Å². The second kappa shape index (κ2) is 4.68. The number of nitrogens with zero attached hydrogens (tertiary/aromatic N) is 2. The zero-order valence-electron chi connectivity index (χ0n) is 10.6. The van der Waals surface area contributed by atoms with Crippen LogP contribution >= 0.6 is 0 Å². The van der Waals surface area contributed by atoms with Crippen molar-refractivity contribution in [2.45, 2.75) is 20.4 Å². The van der Waals surface area contributed by atoms with Crippen molar-refractivity contribution in [3.8, 4) is 0 Å². The van der Waals surface area contributed by atoms with Crippen LogP contribution in [-0.4, -0.2) is 29.8 Å². The minimum Gasteiger partial charge on any atom is -0.399 e. The number of carbonyl (C=O) groups excluding carboxylic acids is 2. The molecule has 0 bridgehead atoms. The van der Waals surface area contributed by atoms with Gasteiger partial charge in [-0.3, -0.25) is 9.59 Å². The molecule has 0 spiro atoms. The van der Waals surface area contributed by atoms with Gasteiger partial charge >= 0.3 is 0 Å². The number of amides is 2. The lowest BCUT2D eigenvalue weighted by Gasteiger charge is -2.21. The number of nitrogens with two attached hydrogens (primary N) is 1. The number of nitrogen functional groups attached to an aromatic ring is 1. The van der Waals surface area contributed by atoms with Crippen molar-refractivity contribution in [2.24, 2.45) is 0 Å². The van der Waals surface area contributed by atoms with Gasteiger partial charge in [0.1, 0.15) is 6.54 Å². The van der Waals surface area contributed by atoms with Gasteiger partial charge in [-0.15, -0.1) is 0 Å². The molecule has 0 radical (unpaired) electrons. The molecule has 18 heavy (non-hydrogen) atoms. The summed E-state index contributed by atoms with van der Waals surface area (Å²) in [7, 11) is 0. The van der Waals surface area contributed by atoms with Gasteiger partial charge in [0.05, 0.1) is 5.69 Å². The average Bonchev–Trinajstić information content (AvgIpc) is 2.44. The minimum absolute atomic E-state index is 0.0722. The molecule has 2 N–H and O–H groups in total. The second-order valence-electron chi connectivity index (χ2n) is 4.40. The fraction of sp³-hybridized carbons (Fsp3) is 0.385. The van der Waals surface area contributed by atoms with Crippen LogP contribution in [0.3, 0.4) is 0 Å². The van der Waals surface area contributed by atoms with E-state index in [9.17, 15) is 9.59 Å². The third kappa shape index (κ3) is 2.16. The quantitative estimate of drug-likeness (QED) is 0.752. The van der Waals surface area contributed by atoms with Crippen molar-refractivity contribution in [1.82, 2.24) is 4.90 Å². The van der Waals surface area contributed by atoms with Gasteiger partial charge in [0.2, 0.25) is 11.8 Å². The largest absolute Gasteiger partial charge is 0.399 e. The first-order valence-corrected chi connectivity index (χ1v) is 5.97. The van der Waals surface area contributed by atoms with Crippen LogP contribution in [0.1, 0.15) is 19.4 Å². The Morgan fingerprint density at radius 2 is 2.11 bits per heavy atom. The highest BCUT2D eigenvalue weighted by atomic mass is 16.2. The van der Waals surface area contributed by atoms with Crippen LogP contribution in [0.5, 0.6) is 0 Å². The minimum atomic E-state index is -0.0934. The topological polar surface area (TPSA) is 66.6 Å². The molecule has 0 saturated carbocycles. The van der Waals surface area contributed by atoms with E-state index in [1.807, 2.05) is 13.0 Å². The van der Waals surface area contributed by atoms with Crippen LogP contribution in [0, 0.1) is 0 Å². The number of carbonyl (C=O) groups is 2. The van der Waals surface area contributed by atoms with E-state index in [4.69, 9.17) is 5.73 Å². The molecule has 0 unspecified atom stereocenters. The van der Waals surface area contributed by atoms with Crippen LogP contribution in [0.25, 0.3) is 0 Å². The third-order valence-corrected chi connectivity index (χ3v) is 3.15. The highest BCUT2D eigenvalue weighted by Gasteiger charge is 2.26. The monoisotopic (exact) mass is 247 g/mol. The Morgan fingerprint density at radius 1 is 1.39 bits per heavy atom. The molecule has 0 atom stereocenters. The number of hydrogen-bond acceptors (Lipinski definition) is 3. The van der Waals surface area contributed by atoms with Crippen LogP contribution < -0.4 is 10.6 Å². The average molecular weight is 247 g/mol. The molecule has 0 saturated heterocycles. The van der Waals surface area contributed by atoms with Crippen molar-refractivity contribution in [1.29, 1.82) is 0 Å². The highest BCUT2D eigenvalue weighted by Crippen LogP contribution is 2.27. The number of anilines is 2. The molecule has 0 fully saturated rings. The molecule has 96 valence electrons. The molecular formula is C13H17N3O2. The summed E-state index contributed by atoms with van der Waals surface area (Å²) in [6.07, 6.45) is 0. The first-order valence-electron chi connectivity index (χ1n) is 5.97. The highest BCUT2D eigenvalue weighted by molar-refractivity contribution is 5.98. The van der Waals surface area contributed by atoms with Crippen molar-refractivity contribution in [2.75, 3.05) is 23.7 Å². The van der Waals surface area contributed by atoms with Crippen LogP contribution in [-0.2, 0) is 16.1 Å². The molecule has 2 amide bonds. The Bertz CT molecular complexity index is 499. The lowest BCUT2D eigenvalue weighted by Crippen LogP contribution is -2.39. The first-order chi connectivity index (χ1) is 8.52. The number of likely N-dealkylation sites (N-methyl/N-ethyl adjacent to an activating group) is 1. The van der Waals surface area contributed by atoms with Crippen molar-refractivity contribution >= 4 is 23.2 Å². The van der Waals surface area contributed by atoms with Crippen LogP contribution in [0.2, 0.25) is 0 Å². The lowest BCUT2D eigenvalue weighted by molar-refractivity contribution is -0.133. The van der Waals surface area contributed by atoms with Crippen molar-refractivity contribution in [3.63, 3.8) is 0 Å². The Kier molecular flexibility index (Phi) is 3.23. The smallest absolute Gasteiger partial charge is 0.246 e. The van der Waals surface area contributed by atoms with E-state index in [1.165, 1.54) is 6.92 Å². The summed E-state index contributed by atoms with van der Waals surface area (Å²) in [6.45, 7) is 4.53. The summed E-state index contributed by atoms with van der Waals surface area (Å²) < 4.78 is 0. The second-order valence-corrected chi connectivity index (χ2v) is 4.40. The summed E-state index contributed by atoms with van der Waals surface area (Å²) in [4.78, 5) is 26.8. The molecule has 0 aliphatic carbocycles. The van der Waals surface area contributed by atoms with Gasteiger partial charge in [-0.1, -0.05) is 6.07 Å². The van der Waals surface area contributed by atoms with E-state index in [0.717, 1.165) is 11.3 Å². The fourth-order valence-electron chi connectivity index (χ4n) is 2.18. The molecule has 1 aromatic carbocycles. The summed E-state index contributed by atoms with van der Waals surface area (Å²) in [6, 6.07) is 5.46. The number of rotatable bonds is 1. The predicted octanol–water partition coefficient (Wildman–Crippen LogP) is 0.984. The number of hydrogen-bond donors (Lipinski definition) is 1. The number of benzene rings is 1. The Morgan fingerprint density at radius 3 is 2.72 bits per heavy atom. The normalized spacial score (nSPS) is 15.3. The maximum Gasteiger partial charge on any atom is 0.246 e. The zero-order valence-corrected chi connectivity index (χ0v) is 10.6. The molecule has 1 heterocycles. The SMILES string of the molecule is CCN1C(=O)CN(C(C)=O)Cc2ccc(N)cc21. The summed E-state index contributed by atoms with van der Waals surface area (Å²) in [5.74, 6) is -0.166.